The van der Waals surface area contributed by atoms with E-state index in [1.807, 2.05) is 30.3 Å². The number of carbonyl (C=O) groups is 2. The van der Waals surface area contributed by atoms with Crippen LogP contribution >= 0.6 is 0 Å². The average molecular weight is 389 g/mol. The van der Waals surface area contributed by atoms with E-state index in [2.05, 4.69) is 5.32 Å². The van der Waals surface area contributed by atoms with E-state index < -0.39 is 18.0 Å². The highest BCUT2D eigenvalue weighted by Gasteiger charge is 2.27. The molecule has 4 rings (SSSR count). The second kappa shape index (κ2) is 8.48. The van der Waals surface area contributed by atoms with Crippen LogP contribution in [-0.4, -0.2) is 18.7 Å². The Morgan fingerprint density at radius 3 is 2.34 bits per heavy atom. The van der Waals surface area contributed by atoms with Crippen LogP contribution < -0.4 is 14.8 Å². The molecule has 146 valence electrons. The van der Waals surface area contributed by atoms with Crippen LogP contribution in [0.5, 0.6) is 11.5 Å². The lowest BCUT2D eigenvalue weighted by Crippen LogP contribution is -2.31. The van der Waals surface area contributed by atoms with Gasteiger partial charge >= 0.3 is 5.97 Å². The zero-order valence-electron chi connectivity index (χ0n) is 15.5. The number of amides is 1. The van der Waals surface area contributed by atoms with Crippen molar-refractivity contribution in [3.05, 3.63) is 95.6 Å². The van der Waals surface area contributed by atoms with Gasteiger partial charge in [0.1, 0.15) is 0 Å². The van der Waals surface area contributed by atoms with E-state index in [4.69, 9.17) is 14.2 Å². The molecule has 0 spiro atoms. The Balaban J connectivity index is 1.56. The molecule has 0 aromatic heterocycles. The number of hydrogen-bond acceptors (Lipinski definition) is 5. The average Bonchev–Trinajstić information content (AvgIpc) is 3.25. The van der Waals surface area contributed by atoms with Gasteiger partial charge in [0, 0.05) is 12.1 Å². The summed E-state index contributed by atoms with van der Waals surface area (Å²) in [4.78, 5) is 25.5. The van der Waals surface area contributed by atoms with Crippen LogP contribution in [0.25, 0.3) is 0 Å². The zero-order chi connectivity index (χ0) is 20.1. The third-order valence-corrected chi connectivity index (χ3v) is 4.48. The van der Waals surface area contributed by atoms with Crippen molar-refractivity contribution in [2.24, 2.45) is 0 Å². The lowest BCUT2D eigenvalue weighted by atomic mass is 10.1. The molecular formula is C23H19NO5. The summed E-state index contributed by atoms with van der Waals surface area (Å²) in [5, 5.41) is 2.83. The number of hydrogen-bond donors (Lipinski definition) is 1. The molecule has 1 amide bonds. The predicted octanol–water partition coefficient (Wildman–Crippen LogP) is 3.63. The molecule has 1 heterocycles. The largest absolute Gasteiger partial charge is 0.454 e. The Labute approximate surface area is 168 Å². The number of benzene rings is 3. The topological polar surface area (TPSA) is 73.9 Å². The Morgan fingerprint density at radius 2 is 1.59 bits per heavy atom. The molecule has 1 aliphatic heterocycles. The van der Waals surface area contributed by atoms with Crippen molar-refractivity contribution in [2.45, 2.75) is 12.6 Å². The summed E-state index contributed by atoms with van der Waals surface area (Å²) in [6.45, 7) is 0.442. The standard InChI is InChI=1S/C23H19NO5/c25-22(24-14-16-7-3-1-4-8-16)21(29-23(26)17-9-5-2-6-10-17)18-11-12-19-20(13-18)28-15-27-19/h1-13,21H,14-15H2,(H,24,25). The van der Waals surface area contributed by atoms with Gasteiger partial charge in [-0.05, 0) is 29.8 Å². The molecule has 3 aromatic carbocycles. The Kier molecular flexibility index (Phi) is 5.42. The Morgan fingerprint density at radius 1 is 0.897 bits per heavy atom. The minimum atomic E-state index is -1.12. The molecule has 0 saturated heterocycles. The van der Waals surface area contributed by atoms with Gasteiger partial charge in [-0.25, -0.2) is 4.79 Å². The number of esters is 1. The van der Waals surface area contributed by atoms with Crippen LogP contribution in [0, 0.1) is 0 Å². The smallest absolute Gasteiger partial charge is 0.339 e. The second-order valence-corrected chi connectivity index (χ2v) is 6.47. The molecule has 6 heteroatoms. The van der Waals surface area contributed by atoms with Crippen LogP contribution in [0.2, 0.25) is 0 Å². The van der Waals surface area contributed by atoms with Gasteiger partial charge in [0.2, 0.25) is 12.9 Å². The van der Waals surface area contributed by atoms with E-state index in [1.165, 1.54) is 0 Å². The van der Waals surface area contributed by atoms with E-state index >= 15 is 0 Å². The molecule has 6 nitrogen and oxygen atoms in total. The van der Waals surface area contributed by atoms with Crippen molar-refractivity contribution in [1.82, 2.24) is 5.32 Å². The number of fused-ring (bicyclic) bond motifs is 1. The number of nitrogens with one attached hydrogen (secondary N) is 1. The highest BCUT2D eigenvalue weighted by molar-refractivity contribution is 5.92. The first-order valence-corrected chi connectivity index (χ1v) is 9.18. The van der Waals surface area contributed by atoms with Gasteiger partial charge in [-0.1, -0.05) is 54.6 Å². The summed E-state index contributed by atoms with van der Waals surface area (Å²) in [5.74, 6) is 0.103. The number of ether oxygens (including phenoxy) is 3. The summed E-state index contributed by atoms with van der Waals surface area (Å²) in [5.41, 5.74) is 1.82. The molecule has 0 saturated carbocycles. The fraction of sp³-hybridized carbons (Fsp3) is 0.130. The van der Waals surface area contributed by atoms with Crippen LogP contribution in [0.15, 0.2) is 78.9 Å². The van der Waals surface area contributed by atoms with Gasteiger partial charge < -0.3 is 19.5 Å². The van der Waals surface area contributed by atoms with Crippen molar-refractivity contribution in [1.29, 1.82) is 0 Å². The van der Waals surface area contributed by atoms with E-state index in [0.717, 1.165) is 5.56 Å². The van der Waals surface area contributed by atoms with Crippen molar-refractivity contribution in [2.75, 3.05) is 6.79 Å². The minimum Gasteiger partial charge on any atom is -0.454 e. The lowest BCUT2D eigenvalue weighted by molar-refractivity contribution is -0.130. The maximum atomic E-state index is 12.9. The monoisotopic (exact) mass is 389 g/mol. The summed E-state index contributed by atoms with van der Waals surface area (Å²) in [7, 11) is 0. The van der Waals surface area contributed by atoms with E-state index in [1.54, 1.807) is 48.5 Å². The molecule has 29 heavy (non-hydrogen) atoms. The Hall–Kier alpha value is -3.80. The van der Waals surface area contributed by atoms with E-state index in [9.17, 15) is 9.59 Å². The molecule has 1 N–H and O–H groups in total. The van der Waals surface area contributed by atoms with Crippen LogP contribution in [0.4, 0.5) is 0 Å². The summed E-state index contributed by atoms with van der Waals surface area (Å²) in [6.07, 6.45) is -1.12. The highest BCUT2D eigenvalue weighted by Crippen LogP contribution is 2.35. The third kappa shape index (κ3) is 4.38. The van der Waals surface area contributed by atoms with Crippen molar-refractivity contribution >= 4 is 11.9 Å². The molecule has 0 aliphatic carbocycles. The number of carbonyl (C=O) groups excluding carboxylic acids is 2. The first kappa shape index (κ1) is 18.6. The van der Waals surface area contributed by atoms with Gasteiger partial charge in [-0.2, -0.15) is 0 Å². The first-order valence-electron chi connectivity index (χ1n) is 9.18. The minimum absolute atomic E-state index is 0.119. The maximum absolute atomic E-state index is 12.9. The molecule has 1 aliphatic rings. The molecule has 1 unspecified atom stereocenters. The SMILES string of the molecule is O=C(OC(C(=O)NCc1ccccc1)c1ccc2c(c1)OCO2)c1ccccc1. The second-order valence-electron chi connectivity index (χ2n) is 6.47. The highest BCUT2D eigenvalue weighted by atomic mass is 16.7. The normalized spacial score (nSPS) is 12.8. The van der Waals surface area contributed by atoms with E-state index in [-0.39, 0.29) is 6.79 Å². The Bertz CT molecular complexity index is 1000. The van der Waals surface area contributed by atoms with Crippen molar-refractivity contribution < 1.29 is 23.8 Å². The summed E-state index contributed by atoms with van der Waals surface area (Å²) < 4.78 is 16.3. The first-order chi connectivity index (χ1) is 14.2. The van der Waals surface area contributed by atoms with Gasteiger partial charge in [0.25, 0.3) is 5.91 Å². The molecular weight excluding hydrogens is 370 g/mol. The van der Waals surface area contributed by atoms with Gasteiger partial charge in [0.05, 0.1) is 5.56 Å². The third-order valence-electron chi connectivity index (χ3n) is 4.48. The van der Waals surface area contributed by atoms with Gasteiger partial charge in [0.15, 0.2) is 11.5 Å². The van der Waals surface area contributed by atoms with Crippen molar-refractivity contribution in [3.63, 3.8) is 0 Å². The molecule has 1 atom stereocenters. The van der Waals surface area contributed by atoms with Crippen LogP contribution in [-0.2, 0) is 16.1 Å². The molecule has 3 aromatic rings. The quantitative estimate of drug-likeness (QED) is 0.652. The molecule has 0 radical (unpaired) electrons. The van der Waals surface area contributed by atoms with Gasteiger partial charge in [-0.15, -0.1) is 0 Å². The number of rotatable bonds is 6. The summed E-state index contributed by atoms with van der Waals surface area (Å²) in [6, 6.07) is 23.1. The fourth-order valence-electron chi connectivity index (χ4n) is 2.98. The van der Waals surface area contributed by atoms with Gasteiger partial charge in [-0.3, -0.25) is 4.79 Å². The fourth-order valence-corrected chi connectivity index (χ4v) is 2.98. The molecule has 0 fully saturated rings. The van der Waals surface area contributed by atoms with Crippen LogP contribution in [0.1, 0.15) is 27.6 Å². The predicted molar refractivity (Wildman–Crippen MR) is 105 cm³/mol. The maximum Gasteiger partial charge on any atom is 0.339 e. The summed E-state index contributed by atoms with van der Waals surface area (Å²) >= 11 is 0. The van der Waals surface area contributed by atoms with Crippen LogP contribution in [0.3, 0.4) is 0 Å². The van der Waals surface area contributed by atoms with E-state index in [0.29, 0.717) is 29.2 Å². The zero-order valence-corrected chi connectivity index (χ0v) is 15.5. The molecule has 0 bridgehead atoms. The lowest BCUT2D eigenvalue weighted by Gasteiger charge is -2.18. The van der Waals surface area contributed by atoms with Crippen molar-refractivity contribution in [3.8, 4) is 11.5 Å².